The molecule has 0 amide bonds. The highest BCUT2D eigenvalue weighted by atomic mass is 35.5. The van der Waals surface area contributed by atoms with E-state index in [1.165, 1.54) is 4.31 Å². The SMILES string of the molecule is O=S(=O)(Cc1ccc(Cl)cc1)N1CC2(C1)N=N2. The van der Waals surface area contributed by atoms with Gasteiger partial charge in [0.1, 0.15) is 0 Å². The first-order chi connectivity index (χ1) is 7.99. The molecule has 1 fully saturated rings. The van der Waals surface area contributed by atoms with Crippen molar-refractivity contribution in [3.05, 3.63) is 34.9 Å². The molecule has 3 rings (SSSR count). The Bertz CT molecular complexity index is 568. The number of nitrogens with zero attached hydrogens (tertiary/aromatic N) is 3. The van der Waals surface area contributed by atoms with E-state index in [2.05, 4.69) is 10.2 Å². The van der Waals surface area contributed by atoms with Crippen molar-refractivity contribution in [1.29, 1.82) is 0 Å². The van der Waals surface area contributed by atoms with Crippen molar-refractivity contribution in [2.45, 2.75) is 11.4 Å². The van der Waals surface area contributed by atoms with Crippen LogP contribution in [0.5, 0.6) is 0 Å². The van der Waals surface area contributed by atoms with Gasteiger partial charge in [-0.2, -0.15) is 14.5 Å². The predicted octanol–water partition coefficient (Wildman–Crippen LogP) is 1.65. The molecule has 17 heavy (non-hydrogen) atoms. The van der Waals surface area contributed by atoms with Gasteiger partial charge in [-0.25, -0.2) is 8.42 Å². The van der Waals surface area contributed by atoms with Crippen LogP contribution in [0.1, 0.15) is 5.56 Å². The largest absolute Gasteiger partial charge is 0.218 e. The topological polar surface area (TPSA) is 62.1 Å². The summed E-state index contributed by atoms with van der Waals surface area (Å²) in [6, 6.07) is 6.83. The van der Waals surface area contributed by atoms with Gasteiger partial charge < -0.3 is 0 Å². The molecular weight excluding hydrogens is 262 g/mol. The Balaban J connectivity index is 1.69. The lowest BCUT2D eigenvalue weighted by molar-refractivity contribution is 0.228. The molecule has 2 heterocycles. The summed E-state index contributed by atoms with van der Waals surface area (Å²) in [5.74, 6) is 0.000247. The summed E-state index contributed by atoms with van der Waals surface area (Å²) in [5, 5.41) is 8.25. The standard InChI is InChI=1S/C10H10ClN3O2S/c11-9-3-1-8(2-4-9)5-17(15,16)14-6-10(7-14)12-13-10/h1-4H,5-7H2. The zero-order valence-corrected chi connectivity index (χ0v) is 10.4. The number of hydrogen-bond donors (Lipinski definition) is 0. The third kappa shape index (κ3) is 2.08. The zero-order valence-electron chi connectivity index (χ0n) is 8.88. The highest BCUT2D eigenvalue weighted by Gasteiger charge is 2.55. The summed E-state index contributed by atoms with van der Waals surface area (Å²) in [5.41, 5.74) is 0.354. The van der Waals surface area contributed by atoms with E-state index in [0.29, 0.717) is 18.1 Å². The number of rotatable bonds is 3. The fraction of sp³-hybridized carbons (Fsp3) is 0.400. The van der Waals surface area contributed by atoms with Crippen molar-refractivity contribution in [2.24, 2.45) is 10.2 Å². The molecule has 0 aromatic heterocycles. The maximum atomic E-state index is 12.0. The Morgan fingerprint density at radius 2 is 1.82 bits per heavy atom. The maximum Gasteiger partial charge on any atom is 0.218 e. The second-order valence-electron chi connectivity index (χ2n) is 4.33. The number of halogens is 1. The molecule has 1 spiro atoms. The van der Waals surface area contributed by atoms with E-state index in [4.69, 9.17) is 11.6 Å². The molecule has 2 aliphatic rings. The molecule has 0 atom stereocenters. The average Bonchev–Trinajstić information content (AvgIpc) is 2.99. The molecule has 7 heteroatoms. The summed E-state index contributed by atoms with van der Waals surface area (Å²) in [7, 11) is -3.25. The summed E-state index contributed by atoms with van der Waals surface area (Å²) in [6.07, 6.45) is 0. The molecule has 1 aromatic rings. The van der Waals surface area contributed by atoms with Crippen LogP contribution in [0.2, 0.25) is 5.02 Å². The van der Waals surface area contributed by atoms with Crippen LogP contribution in [0.4, 0.5) is 0 Å². The predicted molar refractivity (Wildman–Crippen MR) is 63.2 cm³/mol. The Hall–Kier alpha value is -0.980. The van der Waals surface area contributed by atoms with Crippen LogP contribution in [0.25, 0.3) is 0 Å². The minimum Gasteiger partial charge on any atom is -0.212 e. The first-order valence-corrected chi connectivity index (χ1v) is 7.14. The van der Waals surface area contributed by atoms with Crippen molar-refractivity contribution in [1.82, 2.24) is 4.31 Å². The van der Waals surface area contributed by atoms with Crippen LogP contribution in [0.3, 0.4) is 0 Å². The zero-order chi connectivity index (χ0) is 12.1. The Labute approximate surface area is 104 Å². The van der Waals surface area contributed by atoms with Gasteiger partial charge in [-0.15, -0.1) is 0 Å². The van der Waals surface area contributed by atoms with Gasteiger partial charge in [0.25, 0.3) is 0 Å². The molecule has 1 aromatic carbocycles. The highest BCUT2D eigenvalue weighted by Crippen LogP contribution is 2.39. The van der Waals surface area contributed by atoms with E-state index in [9.17, 15) is 8.42 Å². The van der Waals surface area contributed by atoms with Crippen LogP contribution in [-0.4, -0.2) is 31.5 Å². The minimum atomic E-state index is -3.25. The van der Waals surface area contributed by atoms with Crippen LogP contribution < -0.4 is 0 Å². The summed E-state index contributed by atoms with van der Waals surface area (Å²) in [6.45, 7) is 0.784. The van der Waals surface area contributed by atoms with E-state index in [0.717, 1.165) is 5.56 Å². The number of benzene rings is 1. The van der Waals surface area contributed by atoms with E-state index >= 15 is 0 Å². The minimum absolute atomic E-state index is 0.000247. The molecule has 0 radical (unpaired) electrons. The Morgan fingerprint density at radius 1 is 1.24 bits per heavy atom. The number of sulfonamides is 1. The first kappa shape index (κ1) is 11.1. The lowest BCUT2D eigenvalue weighted by Crippen LogP contribution is -2.56. The van der Waals surface area contributed by atoms with Crippen LogP contribution in [0, 0.1) is 0 Å². The second-order valence-corrected chi connectivity index (χ2v) is 6.74. The second kappa shape index (κ2) is 3.51. The third-order valence-electron chi connectivity index (χ3n) is 2.90. The van der Waals surface area contributed by atoms with Gasteiger partial charge in [0, 0.05) is 5.02 Å². The smallest absolute Gasteiger partial charge is 0.212 e. The summed E-state index contributed by atoms with van der Waals surface area (Å²) >= 11 is 5.74. The maximum absolute atomic E-state index is 12.0. The molecule has 0 N–H and O–H groups in total. The first-order valence-electron chi connectivity index (χ1n) is 5.16. The lowest BCUT2D eigenvalue weighted by atomic mass is 10.1. The van der Waals surface area contributed by atoms with E-state index in [1.807, 2.05) is 0 Å². The highest BCUT2D eigenvalue weighted by molar-refractivity contribution is 7.88. The Kier molecular flexibility index (Phi) is 2.30. The van der Waals surface area contributed by atoms with Crippen molar-refractivity contribution in [2.75, 3.05) is 13.1 Å². The van der Waals surface area contributed by atoms with E-state index in [-0.39, 0.29) is 11.4 Å². The Morgan fingerprint density at radius 3 is 2.35 bits per heavy atom. The van der Waals surface area contributed by atoms with Gasteiger partial charge in [0.15, 0.2) is 0 Å². The van der Waals surface area contributed by atoms with Crippen LogP contribution >= 0.6 is 11.6 Å². The molecule has 90 valence electrons. The van der Waals surface area contributed by atoms with Crippen molar-refractivity contribution in [3.63, 3.8) is 0 Å². The van der Waals surface area contributed by atoms with Gasteiger partial charge >= 0.3 is 0 Å². The van der Waals surface area contributed by atoms with Crippen molar-refractivity contribution >= 4 is 21.6 Å². The fourth-order valence-electron chi connectivity index (χ4n) is 1.79. The molecule has 1 saturated heterocycles. The van der Waals surface area contributed by atoms with Crippen molar-refractivity contribution < 1.29 is 8.42 Å². The molecule has 0 unspecified atom stereocenters. The molecule has 5 nitrogen and oxygen atoms in total. The van der Waals surface area contributed by atoms with Crippen molar-refractivity contribution in [3.8, 4) is 0 Å². The molecule has 0 bridgehead atoms. The van der Waals surface area contributed by atoms with E-state index < -0.39 is 10.0 Å². The number of hydrogen-bond acceptors (Lipinski definition) is 4. The molecule has 0 saturated carbocycles. The average molecular weight is 272 g/mol. The van der Waals surface area contributed by atoms with Gasteiger partial charge in [-0.3, -0.25) is 0 Å². The normalized spacial score (nSPS) is 21.5. The monoisotopic (exact) mass is 271 g/mol. The van der Waals surface area contributed by atoms with Gasteiger partial charge in [-0.05, 0) is 17.7 Å². The van der Waals surface area contributed by atoms with Gasteiger partial charge in [0.05, 0.1) is 18.8 Å². The van der Waals surface area contributed by atoms with Crippen LogP contribution in [0.15, 0.2) is 34.5 Å². The lowest BCUT2D eigenvalue weighted by Gasteiger charge is -2.34. The van der Waals surface area contributed by atoms with E-state index in [1.54, 1.807) is 24.3 Å². The van der Waals surface area contributed by atoms with Gasteiger partial charge in [-0.1, -0.05) is 23.7 Å². The molecule has 0 aliphatic carbocycles. The fourth-order valence-corrected chi connectivity index (χ4v) is 3.52. The van der Waals surface area contributed by atoms with Crippen LogP contribution in [-0.2, 0) is 15.8 Å². The molecule has 2 aliphatic heterocycles. The van der Waals surface area contributed by atoms with Gasteiger partial charge in [0.2, 0.25) is 15.7 Å². The molecular formula is C10H10ClN3O2S. The quantitative estimate of drug-likeness (QED) is 0.839. The third-order valence-corrected chi connectivity index (χ3v) is 4.89. The summed E-state index contributed by atoms with van der Waals surface area (Å²) in [4.78, 5) is 0. The summed E-state index contributed by atoms with van der Waals surface area (Å²) < 4.78 is 25.4.